The van der Waals surface area contributed by atoms with Crippen molar-refractivity contribution in [3.8, 4) is 0 Å². The number of halogens is 1. The van der Waals surface area contributed by atoms with E-state index in [4.69, 9.17) is 11.6 Å². The molecule has 2 fully saturated rings. The minimum Gasteiger partial charge on any atom is -0.353 e. The highest BCUT2D eigenvalue weighted by Crippen LogP contribution is 2.24. The molecule has 0 radical (unpaired) electrons. The van der Waals surface area contributed by atoms with E-state index in [1.165, 1.54) is 21.9 Å². The fraction of sp³-hybridized carbons (Fsp3) is 0.381. The standard InChI is InChI=1S/C21H23ClN4O5S/c1-13(20(28)25-9-7-23-19(27)12-25)26-8-6-18(21(26)29)24-32(30,31)17-5-3-14-10-16(22)4-2-15(14)11-17/h2-5,10-11,13,18,24H,6-9,12H2,1H3,(H,23,27)/t13-,18-/m0/s1. The van der Waals surface area contributed by atoms with E-state index >= 15 is 0 Å². The van der Waals surface area contributed by atoms with Gasteiger partial charge in [0.25, 0.3) is 0 Å². The van der Waals surface area contributed by atoms with Gasteiger partial charge < -0.3 is 15.1 Å². The van der Waals surface area contributed by atoms with E-state index in [9.17, 15) is 22.8 Å². The predicted octanol–water partition coefficient (Wildman–Crippen LogP) is 0.719. The van der Waals surface area contributed by atoms with Gasteiger partial charge in [0.1, 0.15) is 12.1 Å². The summed E-state index contributed by atoms with van der Waals surface area (Å²) >= 11 is 5.98. The van der Waals surface area contributed by atoms with Gasteiger partial charge in [-0.15, -0.1) is 0 Å². The number of nitrogens with zero attached hydrogens (tertiary/aromatic N) is 2. The van der Waals surface area contributed by atoms with Gasteiger partial charge in [-0.1, -0.05) is 23.7 Å². The van der Waals surface area contributed by atoms with Crippen molar-refractivity contribution in [2.75, 3.05) is 26.2 Å². The highest BCUT2D eigenvalue weighted by Gasteiger charge is 2.40. The van der Waals surface area contributed by atoms with E-state index < -0.39 is 28.0 Å². The lowest BCUT2D eigenvalue weighted by Crippen LogP contribution is -2.56. The molecule has 2 aliphatic heterocycles. The van der Waals surface area contributed by atoms with Crippen LogP contribution >= 0.6 is 11.6 Å². The first kappa shape index (κ1) is 22.5. The molecule has 2 N–H and O–H groups in total. The third-order valence-electron chi connectivity index (χ3n) is 5.80. The van der Waals surface area contributed by atoms with Crippen LogP contribution in [0.25, 0.3) is 10.8 Å². The van der Waals surface area contributed by atoms with E-state index in [-0.39, 0.29) is 36.2 Å². The Morgan fingerprint density at radius 3 is 2.62 bits per heavy atom. The number of carbonyl (C=O) groups excluding carboxylic acids is 3. The zero-order chi connectivity index (χ0) is 23.0. The average molecular weight is 479 g/mol. The van der Waals surface area contributed by atoms with Crippen LogP contribution in [0.2, 0.25) is 5.02 Å². The number of hydrogen-bond acceptors (Lipinski definition) is 5. The molecule has 3 amide bonds. The minimum absolute atomic E-state index is 0.0435. The Morgan fingerprint density at radius 2 is 1.88 bits per heavy atom. The van der Waals surface area contributed by atoms with Gasteiger partial charge in [0, 0.05) is 24.7 Å². The quantitative estimate of drug-likeness (QED) is 0.657. The first-order chi connectivity index (χ1) is 15.2. The number of carbonyl (C=O) groups is 3. The molecule has 2 heterocycles. The Hall–Kier alpha value is -2.69. The zero-order valence-electron chi connectivity index (χ0n) is 17.4. The van der Waals surface area contributed by atoms with Crippen LogP contribution in [0.5, 0.6) is 0 Å². The fourth-order valence-electron chi connectivity index (χ4n) is 4.04. The van der Waals surface area contributed by atoms with Gasteiger partial charge in [0.05, 0.1) is 11.4 Å². The van der Waals surface area contributed by atoms with E-state index in [0.717, 1.165) is 5.39 Å². The molecule has 0 aromatic heterocycles. The van der Waals surface area contributed by atoms with E-state index in [0.29, 0.717) is 23.5 Å². The van der Waals surface area contributed by atoms with Crippen LogP contribution in [-0.2, 0) is 24.4 Å². The molecule has 0 aliphatic carbocycles. The number of piperazine rings is 1. The molecule has 2 aliphatic rings. The van der Waals surface area contributed by atoms with Crippen molar-refractivity contribution in [3.05, 3.63) is 41.4 Å². The first-order valence-corrected chi connectivity index (χ1v) is 12.1. The molecule has 2 atom stereocenters. The van der Waals surface area contributed by atoms with Crippen molar-refractivity contribution in [1.29, 1.82) is 0 Å². The van der Waals surface area contributed by atoms with Gasteiger partial charge in [-0.05, 0) is 48.4 Å². The second-order valence-electron chi connectivity index (χ2n) is 7.93. The molecular formula is C21H23ClN4O5S. The third-order valence-corrected chi connectivity index (χ3v) is 7.50. The molecular weight excluding hydrogens is 456 g/mol. The monoisotopic (exact) mass is 478 g/mol. The zero-order valence-corrected chi connectivity index (χ0v) is 18.9. The van der Waals surface area contributed by atoms with Crippen LogP contribution in [0.3, 0.4) is 0 Å². The molecule has 9 nitrogen and oxygen atoms in total. The third kappa shape index (κ3) is 4.43. The second-order valence-corrected chi connectivity index (χ2v) is 10.1. The molecule has 4 rings (SSSR count). The number of sulfonamides is 1. The number of rotatable bonds is 5. The van der Waals surface area contributed by atoms with Gasteiger partial charge >= 0.3 is 0 Å². The molecule has 2 aromatic carbocycles. The van der Waals surface area contributed by atoms with Gasteiger partial charge in [-0.25, -0.2) is 8.42 Å². The van der Waals surface area contributed by atoms with Crippen molar-refractivity contribution >= 4 is 50.1 Å². The lowest BCUT2D eigenvalue weighted by molar-refractivity contribution is -0.146. The number of nitrogens with one attached hydrogen (secondary N) is 2. The van der Waals surface area contributed by atoms with E-state index in [2.05, 4.69) is 10.0 Å². The summed E-state index contributed by atoms with van der Waals surface area (Å²) in [6, 6.07) is 8.06. The topological polar surface area (TPSA) is 116 Å². The molecule has 11 heteroatoms. The minimum atomic E-state index is -3.95. The highest BCUT2D eigenvalue weighted by molar-refractivity contribution is 7.89. The van der Waals surface area contributed by atoms with Crippen molar-refractivity contribution in [3.63, 3.8) is 0 Å². The summed E-state index contributed by atoms with van der Waals surface area (Å²) < 4.78 is 28.3. The summed E-state index contributed by atoms with van der Waals surface area (Å²) in [6.45, 7) is 2.54. The van der Waals surface area contributed by atoms with Crippen LogP contribution in [0.1, 0.15) is 13.3 Å². The van der Waals surface area contributed by atoms with E-state index in [1.54, 1.807) is 31.2 Å². The average Bonchev–Trinajstić information content (AvgIpc) is 3.11. The maximum atomic E-state index is 12.9. The van der Waals surface area contributed by atoms with E-state index in [1.807, 2.05) is 0 Å². The number of likely N-dealkylation sites (tertiary alicyclic amines) is 1. The van der Waals surface area contributed by atoms with Crippen LogP contribution < -0.4 is 10.0 Å². The predicted molar refractivity (Wildman–Crippen MR) is 118 cm³/mol. The van der Waals surface area contributed by atoms with Crippen molar-refractivity contribution in [2.24, 2.45) is 0 Å². The van der Waals surface area contributed by atoms with Gasteiger partial charge in [-0.2, -0.15) is 4.72 Å². The molecule has 170 valence electrons. The number of hydrogen-bond donors (Lipinski definition) is 2. The Labute approximate surface area is 190 Å². The van der Waals surface area contributed by atoms with Crippen molar-refractivity contribution in [2.45, 2.75) is 30.3 Å². The van der Waals surface area contributed by atoms with Crippen LogP contribution in [0.15, 0.2) is 41.3 Å². The smallest absolute Gasteiger partial charge is 0.245 e. The Balaban J connectivity index is 1.46. The summed E-state index contributed by atoms with van der Waals surface area (Å²) in [5.74, 6) is -1.03. The Morgan fingerprint density at radius 1 is 1.16 bits per heavy atom. The second kappa shape index (κ2) is 8.68. The number of benzene rings is 2. The molecule has 32 heavy (non-hydrogen) atoms. The molecule has 2 saturated heterocycles. The van der Waals surface area contributed by atoms with Crippen LogP contribution in [-0.4, -0.2) is 74.2 Å². The normalized spacial score (nSPS) is 20.5. The van der Waals surface area contributed by atoms with Gasteiger partial charge in [-0.3, -0.25) is 14.4 Å². The maximum Gasteiger partial charge on any atom is 0.245 e. The molecule has 0 saturated carbocycles. The van der Waals surface area contributed by atoms with Crippen LogP contribution in [0.4, 0.5) is 0 Å². The Bertz CT molecular complexity index is 1200. The van der Waals surface area contributed by atoms with Crippen LogP contribution in [0, 0.1) is 0 Å². The molecule has 0 bridgehead atoms. The first-order valence-electron chi connectivity index (χ1n) is 10.2. The molecule has 0 unspecified atom stereocenters. The number of fused-ring (bicyclic) bond motifs is 1. The largest absolute Gasteiger partial charge is 0.353 e. The van der Waals surface area contributed by atoms with Crippen molar-refractivity contribution in [1.82, 2.24) is 19.8 Å². The lowest BCUT2D eigenvalue weighted by atomic mass is 10.1. The highest BCUT2D eigenvalue weighted by atomic mass is 35.5. The molecule has 0 spiro atoms. The van der Waals surface area contributed by atoms with Gasteiger partial charge in [0.2, 0.25) is 27.7 Å². The fourth-order valence-corrected chi connectivity index (χ4v) is 5.48. The molecule has 2 aromatic rings. The number of amides is 3. The summed E-state index contributed by atoms with van der Waals surface area (Å²) in [7, 11) is -3.95. The lowest BCUT2D eigenvalue weighted by Gasteiger charge is -2.32. The Kier molecular flexibility index (Phi) is 6.11. The summed E-state index contributed by atoms with van der Waals surface area (Å²) in [5.41, 5.74) is 0. The summed E-state index contributed by atoms with van der Waals surface area (Å²) in [5, 5.41) is 4.72. The van der Waals surface area contributed by atoms with Crippen molar-refractivity contribution < 1.29 is 22.8 Å². The summed E-state index contributed by atoms with van der Waals surface area (Å²) in [6.07, 6.45) is 0.249. The maximum absolute atomic E-state index is 12.9. The SMILES string of the molecule is C[C@@H](C(=O)N1CCNC(=O)C1)N1CC[C@H](NS(=O)(=O)c2ccc3cc(Cl)ccc3c2)C1=O. The summed E-state index contributed by atoms with van der Waals surface area (Å²) in [4.78, 5) is 40.0. The van der Waals surface area contributed by atoms with Gasteiger partial charge in [0.15, 0.2) is 0 Å².